The lowest BCUT2D eigenvalue weighted by molar-refractivity contribution is -0.128. The monoisotopic (exact) mass is 363 g/mol. The van der Waals surface area contributed by atoms with E-state index in [1.54, 1.807) is 36.3 Å². The van der Waals surface area contributed by atoms with Crippen molar-refractivity contribution in [2.75, 3.05) is 25.5 Å². The first-order valence-electron chi connectivity index (χ1n) is 8.81. The van der Waals surface area contributed by atoms with Crippen LogP contribution in [0.2, 0.25) is 0 Å². The molecule has 1 aliphatic heterocycles. The second-order valence-corrected chi connectivity index (χ2v) is 6.52. The number of likely N-dealkylation sites (tertiary alicyclic amines) is 1. The first kappa shape index (κ1) is 18.5. The molecule has 1 fully saturated rings. The van der Waals surface area contributed by atoms with Crippen LogP contribution in [0, 0.1) is 17.2 Å². The molecule has 0 spiro atoms. The molecule has 138 valence electrons. The van der Waals surface area contributed by atoms with Crippen LogP contribution < -0.4 is 10.1 Å². The number of rotatable bonds is 6. The quantitative estimate of drug-likeness (QED) is 0.855. The molecule has 6 nitrogen and oxygen atoms in total. The number of amides is 2. The van der Waals surface area contributed by atoms with Crippen LogP contribution in [0.3, 0.4) is 0 Å². The molecule has 1 atom stereocenters. The predicted octanol–water partition coefficient (Wildman–Crippen LogP) is 2.60. The minimum Gasteiger partial charge on any atom is -0.497 e. The smallest absolute Gasteiger partial charge is 0.229 e. The van der Waals surface area contributed by atoms with Crippen molar-refractivity contribution in [1.82, 2.24) is 4.90 Å². The van der Waals surface area contributed by atoms with Crippen LogP contribution in [-0.2, 0) is 16.0 Å². The SMILES string of the molecule is COc1ccc(CCN2CC(C(=O)Nc3ccc(C#N)cc3)CC2=O)cc1. The lowest BCUT2D eigenvalue weighted by Gasteiger charge is -2.16. The van der Waals surface area contributed by atoms with Gasteiger partial charge in [0, 0.05) is 25.2 Å². The molecule has 1 saturated heterocycles. The molecule has 1 unspecified atom stereocenters. The first-order valence-corrected chi connectivity index (χ1v) is 8.81. The van der Waals surface area contributed by atoms with Crippen molar-refractivity contribution in [1.29, 1.82) is 5.26 Å². The van der Waals surface area contributed by atoms with Gasteiger partial charge in [0.15, 0.2) is 0 Å². The Balaban J connectivity index is 1.52. The Morgan fingerprint density at radius 3 is 2.56 bits per heavy atom. The molecule has 2 aromatic rings. The molecule has 27 heavy (non-hydrogen) atoms. The number of hydrogen-bond donors (Lipinski definition) is 1. The number of nitriles is 1. The molecule has 2 aromatic carbocycles. The van der Waals surface area contributed by atoms with E-state index in [2.05, 4.69) is 5.32 Å². The third kappa shape index (κ3) is 4.64. The van der Waals surface area contributed by atoms with Crippen LogP contribution >= 0.6 is 0 Å². The van der Waals surface area contributed by atoms with Gasteiger partial charge in [0.25, 0.3) is 0 Å². The fourth-order valence-corrected chi connectivity index (χ4v) is 3.09. The summed E-state index contributed by atoms with van der Waals surface area (Å²) in [5.41, 5.74) is 2.28. The largest absolute Gasteiger partial charge is 0.497 e. The zero-order chi connectivity index (χ0) is 19.2. The Hall–Kier alpha value is -3.33. The highest BCUT2D eigenvalue weighted by atomic mass is 16.5. The fraction of sp³-hybridized carbons (Fsp3) is 0.286. The van der Waals surface area contributed by atoms with E-state index in [0.29, 0.717) is 24.3 Å². The molecule has 3 rings (SSSR count). The molecular weight excluding hydrogens is 342 g/mol. The van der Waals surface area contributed by atoms with Gasteiger partial charge in [-0.15, -0.1) is 0 Å². The van der Waals surface area contributed by atoms with Gasteiger partial charge in [-0.05, 0) is 48.4 Å². The number of methoxy groups -OCH3 is 1. The van der Waals surface area contributed by atoms with Gasteiger partial charge in [-0.25, -0.2) is 0 Å². The van der Waals surface area contributed by atoms with E-state index in [9.17, 15) is 9.59 Å². The van der Waals surface area contributed by atoms with Crippen molar-refractivity contribution in [2.24, 2.45) is 5.92 Å². The molecule has 6 heteroatoms. The van der Waals surface area contributed by atoms with Crippen LogP contribution in [0.1, 0.15) is 17.5 Å². The lowest BCUT2D eigenvalue weighted by Crippen LogP contribution is -2.30. The maximum atomic E-state index is 12.4. The highest BCUT2D eigenvalue weighted by Gasteiger charge is 2.33. The maximum absolute atomic E-state index is 12.4. The minimum atomic E-state index is -0.357. The van der Waals surface area contributed by atoms with Crippen molar-refractivity contribution in [2.45, 2.75) is 12.8 Å². The van der Waals surface area contributed by atoms with E-state index in [0.717, 1.165) is 17.7 Å². The Morgan fingerprint density at radius 2 is 1.93 bits per heavy atom. The Morgan fingerprint density at radius 1 is 1.22 bits per heavy atom. The highest BCUT2D eigenvalue weighted by Crippen LogP contribution is 2.21. The van der Waals surface area contributed by atoms with Gasteiger partial charge in [0.1, 0.15) is 5.75 Å². The van der Waals surface area contributed by atoms with Crippen molar-refractivity contribution in [3.63, 3.8) is 0 Å². The van der Waals surface area contributed by atoms with Gasteiger partial charge < -0.3 is 15.0 Å². The summed E-state index contributed by atoms with van der Waals surface area (Å²) in [6.45, 7) is 1.02. The zero-order valence-corrected chi connectivity index (χ0v) is 15.1. The van der Waals surface area contributed by atoms with Gasteiger partial charge in [0.05, 0.1) is 24.7 Å². The summed E-state index contributed by atoms with van der Waals surface area (Å²) in [6.07, 6.45) is 0.963. The number of anilines is 1. The third-order valence-corrected chi connectivity index (χ3v) is 4.70. The fourth-order valence-electron chi connectivity index (χ4n) is 3.09. The van der Waals surface area contributed by atoms with Crippen molar-refractivity contribution >= 4 is 17.5 Å². The highest BCUT2D eigenvalue weighted by molar-refractivity contribution is 5.97. The van der Waals surface area contributed by atoms with E-state index >= 15 is 0 Å². The summed E-state index contributed by atoms with van der Waals surface area (Å²) >= 11 is 0. The van der Waals surface area contributed by atoms with E-state index in [1.165, 1.54) is 0 Å². The summed E-state index contributed by atoms with van der Waals surface area (Å²) < 4.78 is 5.14. The third-order valence-electron chi connectivity index (χ3n) is 4.70. The number of carbonyl (C=O) groups excluding carboxylic acids is 2. The van der Waals surface area contributed by atoms with Gasteiger partial charge in [-0.1, -0.05) is 12.1 Å². The van der Waals surface area contributed by atoms with Crippen LogP contribution in [0.5, 0.6) is 5.75 Å². The van der Waals surface area contributed by atoms with Crippen molar-refractivity contribution in [3.8, 4) is 11.8 Å². The van der Waals surface area contributed by atoms with Gasteiger partial charge >= 0.3 is 0 Å². The molecular formula is C21H21N3O3. The van der Waals surface area contributed by atoms with E-state index < -0.39 is 0 Å². The Labute approximate surface area is 158 Å². The molecule has 1 aliphatic rings. The predicted molar refractivity (Wildman–Crippen MR) is 101 cm³/mol. The number of nitrogens with zero attached hydrogens (tertiary/aromatic N) is 2. The molecule has 1 N–H and O–H groups in total. The molecule has 2 amide bonds. The van der Waals surface area contributed by atoms with Gasteiger partial charge in [-0.2, -0.15) is 5.26 Å². The van der Waals surface area contributed by atoms with Gasteiger partial charge in [0.2, 0.25) is 11.8 Å². The van der Waals surface area contributed by atoms with Crippen LogP contribution in [-0.4, -0.2) is 36.9 Å². The summed E-state index contributed by atoms with van der Waals surface area (Å²) in [5, 5.41) is 11.6. The average Bonchev–Trinajstić information content (AvgIpc) is 3.08. The normalized spacial score (nSPS) is 16.1. The average molecular weight is 363 g/mol. The van der Waals surface area contributed by atoms with Crippen LogP contribution in [0.15, 0.2) is 48.5 Å². The maximum Gasteiger partial charge on any atom is 0.229 e. The lowest BCUT2D eigenvalue weighted by atomic mass is 10.1. The molecule has 1 heterocycles. The molecule has 0 saturated carbocycles. The van der Waals surface area contributed by atoms with Crippen LogP contribution in [0.4, 0.5) is 5.69 Å². The second-order valence-electron chi connectivity index (χ2n) is 6.52. The topological polar surface area (TPSA) is 82.4 Å². The van der Waals surface area contributed by atoms with E-state index in [4.69, 9.17) is 10.00 Å². The standard InChI is InChI=1S/C21H21N3O3/c1-27-19-8-4-15(5-9-19)10-11-24-14-17(12-20(24)25)21(26)23-18-6-2-16(13-22)3-7-18/h2-9,17H,10-12,14H2,1H3,(H,23,26). The van der Waals surface area contributed by atoms with E-state index in [-0.39, 0.29) is 24.2 Å². The van der Waals surface area contributed by atoms with E-state index in [1.807, 2.05) is 30.3 Å². The molecule has 0 radical (unpaired) electrons. The number of benzene rings is 2. The summed E-state index contributed by atoms with van der Waals surface area (Å²) in [6, 6.07) is 16.5. The number of carbonyl (C=O) groups is 2. The zero-order valence-electron chi connectivity index (χ0n) is 15.1. The number of hydrogen-bond acceptors (Lipinski definition) is 4. The second kappa shape index (κ2) is 8.37. The number of nitrogens with one attached hydrogen (secondary N) is 1. The molecule has 0 bridgehead atoms. The molecule has 0 aromatic heterocycles. The summed E-state index contributed by atoms with van der Waals surface area (Å²) in [5.74, 6) is 0.281. The van der Waals surface area contributed by atoms with Crippen molar-refractivity contribution < 1.29 is 14.3 Å². The first-order chi connectivity index (χ1) is 13.1. The minimum absolute atomic E-state index is 0.00323. The Bertz CT molecular complexity index is 854. The Kier molecular flexibility index (Phi) is 5.72. The summed E-state index contributed by atoms with van der Waals surface area (Å²) in [4.78, 5) is 26.4. The van der Waals surface area contributed by atoms with Gasteiger partial charge in [-0.3, -0.25) is 9.59 Å². The van der Waals surface area contributed by atoms with Crippen LogP contribution in [0.25, 0.3) is 0 Å². The molecule has 0 aliphatic carbocycles. The number of ether oxygens (including phenoxy) is 1. The van der Waals surface area contributed by atoms with Crippen molar-refractivity contribution in [3.05, 3.63) is 59.7 Å². The summed E-state index contributed by atoms with van der Waals surface area (Å²) in [7, 11) is 1.63.